The van der Waals surface area contributed by atoms with Crippen molar-refractivity contribution in [1.82, 2.24) is 0 Å². The first-order valence-electron chi connectivity index (χ1n) is 5.45. The summed E-state index contributed by atoms with van der Waals surface area (Å²) in [5.74, 6) is 0.314. The summed E-state index contributed by atoms with van der Waals surface area (Å²) < 4.78 is 1.81. The molecule has 17 heavy (non-hydrogen) atoms. The van der Waals surface area contributed by atoms with Gasteiger partial charge in [-0.25, -0.2) is 0 Å². The molecule has 3 heteroatoms. The molecule has 0 radical (unpaired) electrons. The number of pyridine rings is 1. The Morgan fingerprint density at radius 3 is 2.53 bits per heavy atom. The molecule has 2 aromatic heterocycles. The van der Waals surface area contributed by atoms with Gasteiger partial charge in [-0.2, -0.15) is 0 Å². The number of hydrogen-bond acceptors (Lipinski definition) is 2. The maximum atomic E-state index is 10.2. The molecule has 3 rings (SSSR count). The topological polar surface area (TPSA) is 24.3 Å². The molecule has 0 saturated carbocycles. The summed E-state index contributed by atoms with van der Waals surface area (Å²) >= 11 is 1.60. The number of hydrogen-bond donors (Lipinski definition) is 1. The Morgan fingerprint density at radius 2 is 1.82 bits per heavy atom. The van der Waals surface area contributed by atoms with E-state index in [2.05, 4.69) is 19.1 Å². The summed E-state index contributed by atoms with van der Waals surface area (Å²) in [5, 5.41) is 10.2. The van der Waals surface area contributed by atoms with Gasteiger partial charge in [0.1, 0.15) is 0 Å². The standard InChI is InChI=1S/C14H11NOS/c1-10-5-7-11(8-6-10)13-14(16)15-9-3-2-4-12(15)17-13/h2-9H,1H3/p+1. The van der Waals surface area contributed by atoms with Crippen LogP contribution in [0.2, 0.25) is 0 Å². The first-order valence-corrected chi connectivity index (χ1v) is 6.26. The highest BCUT2D eigenvalue weighted by Crippen LogP contribution is 2.33. The minimum absolute atomic E-state index is 0.314. The fourth-order valence-electron chi connectivity index (χ4n) is 1.84. The number of thiazole rings is 1. The third kappa shape index (κ3) is 1.68. The Balaban J connectivity index is 2.24. The molecule has 1 aromatic carbocycles. The van der Waals surface area contributed by atoms with Crippen molar-refractivity contribution in [2.24, 2.45) is 0 Å². The van der Waals surface area contributed by atoms with Gasteiger partial charge in [0.25, 0.3) is 4.83 Å². The molecule has 0 bridgehead atoms. The van der Waals surface area contributed by atoms with E-state index in [4.69, 9.17) is 0 Å². The van der Waals surface area contributed by atoms with Crippen LogP contribution in [-0.4, -0.2) is 5.11 Å². The minimum Gasteiger partial charge on any atom is -0.458 e. The SMILES string of the molecule is Cc1ccc(-c2sc3cccc[n+]3c2O)cc1. The zero-order valence-electron chi connectivity index (χ0n) is 9.42. The summed E-state index contributed by atoms with van der Waals surface area (Å²) in [7, 11) is 0. The van der Waals surface area contributed by atoms with Gasteiger partial charge < -0.3 is 5.11 Å². The lowest BCUT2D eigenvalue weighted by molar-refractivity contribution is -0.517. The number of rotatable bonds is 1. The molecule has 0 amide bonds. The molecule has 84 valence electrons. The predicted molar refractivity (Wildman–Crippen MR) is 69.3 cm³/mol. The Labute approximate surface area is 103 Å². The maximum absolute atomic E-state index is 10.2. The molecule has 0 aliphatic heterocycles. The van der Waals surface area contributed by atoms with Gasteiger partial charge in [0, 0.05) is 17.7 Å². The average molecular weight is 242 g/mol. The zero-order valence-corrected chi connectivity index (χ0v) is 10.2. The average Bonchev–Trinajstić information content (AvgIpc) is 2.69. The smallest absolute Gasteiger partial charge is 0.390 e. The number of fused-ring (bicyclic) bond motifs is 1. The highest BCUT2D eigenvalue weighted by atomic mass is 32.1. The molecule has 2 nitrogen and oxygen atoms in total. The fraction of sp³-hybridized carbons (Fsp3) is 0.0714. The first-order chi connectivity index (χ1) is 8.25. The van der Waals surface area contributed by atoms with Crippen molar-refractivity contribution < 1.29 is 9.51 Å². The molecule has 0 unspecified atom stereocenters. The van der Waals surface area contributed by atoms with E-state index in [1.807, 2.05) is 36.5 Å². The van der Waals surface area contributed by atoms with Crippen LogP contribution in [-0.2, 0) is 0 Å². The van der Waals surface area contributed by atoms with Gasteiger partial charge in [0.05, 0.1) is 0 Å². The lowest BCUT2D eigenvalue weighted by Gasteiger charge is -1.95. The Morgan fingerprint density at radius 1 is 1.06 bits per heavy atom. The number of aromatic nitrogens is 1. The predicted octanol–water partition coefficient (Wildman–Crippen LogP) is 3.17. The molecule has 0 saturated heterocycles. The quantitative estimate of drug-likeness (QED) is 0.651. The van der Waals surface area contributed by atoms with Crippen LogP contribution < -0.4 is 4.40 Å². The van der Waals surface area contributed by atoms with E-state index in [-0.39, 0.29) is 0 Å². The van der Waals surface area contributed by atoms with Crippen molar-refractivity contribution in [2.75, 3.05) is 0 Å². The lowest BCUT2D eigenvalue weighted by Crippen LogP contribution is -2.16. The van der Waals surface area contributed by atoms with Crippen molar-refractivity contribution in [3.63, 3.8) is 0 Å². The van der Waals surface area contributed by atoms with Crippen molar-refractivity contribution in [3.05, 3.63) is 54.2 Å². The largest absolute Gasteiger partial charge is 0.458 e. The summed E-state index contributed by atoms with van der Waals surface area (Å²) in [5.41, 5.74) is 2.28. The molecule has 2 heterocycles. The molecule has 0 atom stereocenters. The van der Waals surface area contributed by atoms with Gasteiger partial charge >= 0.3 is 5.88 Å². The number of aryl methyl sites for hydroxylation is 1. The molecule has 0 spiro atoms. The number of aromatic hydroxyl groups is 1. The van der Waals surface area contributed by atoms with Crippen LogP contribution in [0.1, 0.15) is 5.56 Å². The van der Waals surface area contributed by atoms with E-state index in [9.17, 15) is 5.11 Å². The van der Waals surface area contributed by atoms with Gasteiger partial charge in [0.2, 0.25) is 0 Å². The molecule has 0 aliphatic rings. The summed E-state index contributed by atoms with van der Waals surface area (Å²) in [6.45, 7) is 2.06. The van der Waals surface area contributed by atoms with Gasteiger partial charge in [0.15, 0.2) is 11.1 Å². The van der Waals surface area contributed by atoms with Crippen LogP contribution in [0, 0.1) is 6.92 Å². The normalized spacial score (nSPS) is 10.9. The summed E-state index contributed by atoms with van der Waals surface area (Å²) in [6.07, 6.45) is 1.87. The van der Waals surface area contributed by atoms with E-state index in [0.29, 0.717) is 5.88 Å². The lowest BCUT2D eigenvalue weighted by atomic mass is 10.1. The Hall–Kier alpha value is -1.87. The van der Waals surface area contributed by atoms with Crippen molar-refractivity contribution >= 4 is 16.2 Å². The van der Waals surface area contributed by atoms with Crippen LogP contribution in [0.15, 0.2) is 48.7 Å². The van der Waals surface area contributed by atoms with Gasteiger partial charge in [-0.1, -0.05) is 41.2 Å². The second-order valence-electron chi connectivity index (χ2n) is 4.03. The van der Waals surface area contributed by atoms with E-state index in [1.54, 1.807) is 15.7 Å². The molecule has 3 aromatic rings. The molecule has 0 fully saturated rings. The first kappa shape index (κ1) is 10.3. The third-order valence-corrected chi connectivity index (χ3v) is 3.94. The van der Waals surface area contributed by atoms with Crippen LogP contribution in [0.3, 0.4) is 0 Å². The monoisotopic (exact) mass is 242 g/mol. The van der Waals surface area contributed by atoms with E-state index in [1.165, 1.54) is 5.56 Å². The maximum Gasteiger partial charge on any atom is 0.390 e. The van der Waals surface area contributed by atoms with Crippen LogP contribution in [0.4, 0.5) is 0 Å². The van der Waals surface area contributed by atoms with Crippen molar-refractivity contribution in [1.29, 1.82) is 0 Å². The van der Waals surface area contributed by atoms with Crippen LogP contribution >= 0.6 is 11.3 Å². The number of benzene rings is 1. The van der Waals surface area contributed by atoms with Crippen LogP contribution in [0.5, 0.6) is 5.88 Å². The van der Waals surface area contributed by atoms with Gasteiger partial charge in [-0.05, 0) is 13.0 Å². The van der Waals surface area contributed by atoms with Gasteiger partial charge in [-0.15, -0.1) is 4.40 Å². The molecule has 0 aliphatic carbocycles. The third-order valence-electron chi connectivity index (χ3n) is 2.77. The highest BCUT2D eigenvalue weighted by Gasteiger charge is 2.20. The zero-order chi connectivity index (χ0) is 11.8. The fourth-order valence-corrected chi connectivity index (χ4v) is 2.88. The van der Waals surface area contributed by atoms with Gasteiger partial charge in [-0.3, -0.25) is 0 Å². The van der Waals surface area contributed by atoms with E-state index >= 15 is 0 Å². The number of nitrogens with zero attached hydrogens (tertiary/aromatic N) is 1. The van der Waals surface area contributed by atoms with Crippen molar-refractivity contribution in [3.8, 4) is 16.3 Å². The summed E-state index contributed by atoms with van der Waals surface area (Å²) in [4.78, 5) is 1.96. The highest BCUT2D eigenvalue weighted by molar-refractivity contribution is 7.20. The molecular weight excluding hydrogens is 230 g/mol. The van der Waals surface area contributed by atoms with E-state index < -0.39 is 0 Å². The molecule has 1 N–H and O–H groups in total. The minimum atomic E-state index is 0.314. The van der Waals surface area contributed by atoms with Crippen molar-refractivity contribution in [2.45, 2.75) is 6.92 Å². The Kier molecular flexibility index (Phi) is 2.34. The second kappa shape index (κ2) is 3.86. The van der Waals surface area contributed by atoms with E-state index in [0.717, 1.165) is 15.3 Å². The molecular formula is C14H12NOS+. The van der Waals surface area contributed by atoms with Crippen LogP contribution in [0.25, 0.3) is 15.3 Å². The Bertz CT molecular complexity index is 670. The second-order valence-corrected chi connectivity index (χ2v) is 5.06. The summed E-state index contributed by atoms with van der Waals surface area (Å²) in [6, 6.07) is 14.1.